The summed E-state index contributed by atoms with van der Waals surface area (Å²) in [5.41, 5.74) is -0.895. The molecule has 1 fully saturated rings. The standard InChI is InChI=1S/C21H36F2O4/c1-2-3-4-5-6-9-14-20(18(22)23)15-11-13-17(20)12-8-7-10-16-21(26,27)19(24)25/h7-8,17-18,26-27H,2-6,9-16H2,1H3,(H,24,25)/t17-,20+/m1/s1. The number of hydrogen-bond donors (Lipinski definition) is 3. The minimum absolute atomic E-state index is 0.0584. The van der Waals surface area contributed by atoms with Crippen LogP contribution in [0.4, 0.5) is 8.78 Å². The number of halogens is 2. The van der Waals surface area contributed by atoms with Crippen molar-refractivity contribution in [1.82, 2.24) is 0 Å². The number of carboxylic acid groups (broad SMARTS) is 1. The highest BCUT2D eigenvalue weighted by atomic mass is 19.3. The van der Waals surface area contributed by atoms with Gasteiger partial charge in [0.1, 0.15) is 0 Å². The Kier molecular flexibility index (Phi) is 10.5. The second-order valence-electron chi connectivity index (χ2n) is 8.01. The Morgan fingerprint density at radius 3 is 2.48 bits per heavy atom. The molecule has 0 aromatic rings. The van der Waals surface area contributed by atoms with Crippen molar-refractivity contribution in [3.05, 3.63) is 12.2 Å². The van der Waals surface area contributed by atoms with Gasteiger partial charge >= 0.3 is 5.97 Å². The maximum atomic E-state index is 13.9. The van der Waals surface area contributed by atoms with E-state index in [0.29, 0.717) is 19.3 Å². The van der Waals surface area contributed by atoms with Gasteiger partial charge in [0.15, 0.2) is 0 Å². The quantitative estimate of drug-likeness (QED) is 0.214. The number of alkyl halides is 2. The summed E-state index contributed by atoms with van der Waals surface area (Å²) in [5.74, 6) is -4.47. The zero-order valence-electron chi connectivity index (χ0n) is 16.5. The molecule has 0 aromatic carbocycles. The van der Waals surface area contributed by atoms with E-state index in [4.69, 9.17) is 5.11 Å². The van der Waals surface area contributed by atoms with Crippen molar-refractivity contribution in [3.63, 3.8) is 0 Å². The highest BCUT2D eigenvalue weighted by Crippen LogP contribution is 2.52. The summed E-state index contributed by atoms with van der Waals surface area (Å²) < 4.78 is 27.9. The van der Waals surface area contributed by atoms with E-state index in [0.717, 1.165) is 32.1 Å². The lowest BCUT2D eigenvalue weighted by Crippen LogP contribution is -2.37. The molecule has 0 bridgehead atoms. The van der Waals surface area contributed by atoms with Gasteiger partial charge in [0.2, 0.25) is 6.43 Å². The number of aliphatic carboxylic acids is 1. The highest BCUT2D eigenvalue weighted by molar-refractivity contribution is 5.74. The maximum absolute atomic E-state index is 13.9. The van der Waals surface area contributed by atoms with Crippen molar-refractivity contribution in [2.45, 2.75) is 103 Å². The largest absolute Gasteiger partial charge is 0.477 e. The molecular weight excluding hydrogens is 354 g/mol. The number of aliphatic hydroxyl groups is 2. The van der Waals surface area contributed by atoms with Crippen LogP contribution < -0.4 is 0 Å². The maximum Gasteiger partial charge on any atom is 0.364 e. The first-order valence-corrected chi connectivity index (χ1v) is 10.4. The third kappa shape index (κ3) is 7.49. The predicted octanol–water partition coefficient (Wildman–Crippen LogP) is 5.28. The van der Waals surface area contributed by atoms with Crippen molar-refractivity contribution in [3.8, 4) is 0 Å². The Labute approximate surface area is 161 Å². The van der Waals surface area contributed by atoms with Crippen LogP contribution in [0.2, 0.25) is 0 Å². The number of carbonyl (C=O) groups is 1. The lowest BCUT2D eigenvalue weighted by molar-refractivity contribution is -0.205. The molecule has 3 N–H and O–H groups in total. The average Bonchev–Trinajstić information content (AvgIpc) is 3.01. The van der Waals surface area contributed by atoms with E-state index in [9.17, 15) is 23.8 Å². The number of hydrogen-bond acceptors (Lipinski definition) is 3. The van der Waals surface area contributed by atoms with Crippen molar-refractivity contribution < 1.29 is 28.9 Å². The molecule has 0 spiro atoms. The zero-order valence-corrected chi connectivity index (χ0v) is 16.5. The fourth-order valence-electron chi connectivity index (χ4n) is 4.25. The van der Waals surface area contributed by atoms with Gasteiger partial charge in [-0.1, -0.05) is 64.0 Å². The fourth-order valence-corrected chi connectivity index (χ4v) is 4.25. The van der Waals surface area contributed by atoms with E-state index in [1.165, 1.54) is 19.3 Å². The second-order valence-corrected chi connectivity index (χ2v) is 8.01. The summed E-state index contributed by atoms with van der Waals surface area (Å²) in [4.78, 5) is 10.6. The van der Waals surface area contributed by atoms with E-state index in [2.05, 4.69) is 6.92 Å². The van der Waals surface area contributed by atoms with E-state index >= 15 is 0 Å². The van der Waals surface area contributed by atoms with Gasteiger partial charge in [0.05, 0.1) is 0 Å². The molecule has 0 amide bonds. The van der Waals surface area contributed by atoms with Crippen LogP contribution in [0, 0.1) is 11.3 Å². The summed E-state index contributed by atoms with van der Waals surface area (Å²) in [7, 11) is 0. The van der Waals surface area contributed by atoms with E-state index in [-0.39, 0.29) is 18.8 Å². The Bertz CT molecular complexity index is 465. The van der Waals surface area contributed by atoms with Crippen LogP contribution in [0.3, 0.4) is 0 Å². The van der Waals surface area contributed by atoms with Crippen LogP contribution in [0.5, 0.6) is 0 Å². The van der Waals surface area contributed by atoms with Crippen LogP contribution in [-0.4, -0.2) is 33.5 Å². The SMILES string of the molecule is CCCCCCCC[C@]1(C(F)F)CCC[C@H]1CC=CCCC(O)(O)C(=O)O. The van der Waals surface area contributed by atoms with E-state index in [1.54, 1.807) is 12.2 Å². The molecule has 0 heterocycles. The molecule has 6 heteroatoms. The van der Waals surface area contributed by atoms with Crippen LogP contribution in [-0.2, 0) is 4.79 Å². The third-order valence-electron chi connectivity index (χ3n) is 6.03. The Morgan fingerprint density at radius 1 is 1.19 bits per heavy atom. The molecule has 0 aliphatic heterocycles. The van der Waals surface area contributed by atoms with Gasteiger partial charge in [0.25, 0.3) is 5.79 Å². The van der Waals surface area contributed by atoms with Gasteiger partial charge in [0, 0.05) is 11.8 Å². The number of allylic oxidation sites excluding steroid dienone is 2. The highest BCUT2D eigenvalue weighted by Gasteiger charge is 2.48. The van der Waals surface area contributed by atoms with Gasteiger partial charge in [-0.25, -0.2) is 13.6 Å². The average molecular weight is 391 g/mol. The van der Waals surface area contributed by atoms with Crippen molar-refractivity contribution in [1.29, 1.82) is 0 Å². The molecule has 1 saturated carbocycles. The topological polar surface area (TPSA) is 77.8 Å². The summed E-state index contributed by atoms with van der Waals surface area (Å²) >= 11 is 0. The van der Waals surface area contributed by atoms with Gasteiger partial charge < -0.3 is 15.3 Å². The molecule has 1 rings (SSSR count). The minimum Gasteiger partial charge on any atom is -0.477 e. The summed E-state index contributed by atoms with van der Waals surface area (Å²) in [6.45, 7) is 2.16. The molecule has 0 saturated heterocycles. The lowest BCUT2D eigenvalue weighted by atomic mass is 9.72. The van der Waals surface area contributed by atoms with Gasteiger partial charge in [-0.3, -0.25) is 0 Å². The number of rotatable bonds is 14. The van der Waals surface area contributed by atoms with Crippen LogP contribution in [0.25, 0.3) is 0 Å². The van der Waals surface area contributed by atoms with E-state index in [1.807, 2.05) is 0 Å². The smallest absolute Gasteiger partial charge is 0.364 e. The first-order chi connectivity index (χ1) is 12.8. The Hall–Kier alpha value is -1.01. The van der Waals surface area contributed by atoms with Gasteiger partial charge in [-0.15, -0.1) is 0 Å². The molecule has 0 aromatic heterocycles. The molecule has 1 aliphatic rings. The van der Waals surface area contributed by atoms with Crippen molar-refractivity contribution >= 4 is 5.97 Å². The minimum atomic E-state index is -2.73. The molecule has 4 nitrogen and oxygen atoms in total. The molecule has 0 unspecified atom stereocenters. The van der Waals surface area contributed by atoms with Gasteiger partial charge in [-0.2, -0.15) is 0 Å². The van der Waals surface area contributed by atoms with Gasteiger partial charge in [-0.05, 0) is 38.0 Å². The second kappa shape index (κ2) is 11.7. The Balaban J connectivity index is 2.49. The summed E-state index contributed by atoms with van der Waals surface area (Å²) in [6, 6.07) is 0. The third-order valence-corrected chi connectivity index (χ3v) is 6.03. The first kappa shape index (κ1) is 24.0. The molecule has 2 atom stereocenters. The number of carboxylic acids is 1. The molecule has 1 aliphatic carbocycles. The molecular formula is C21H36F2O4. The molecule has 27 heavy (non-hydrogen) atoms. The number of unbranched alkanes of at least 4 members (excludes halogenated alkanes) is 5. The molecule has 0 radical (unpaired) electrons. The van der Waals surface area contributed by atoms with E-state index < -0.39 is 23.6 Å². The monoisotopic (exact) mass is 390 g/mol. The van der Waals surface area contributed by atoms with Crippen LogP contribution in [0.1, 0.15) is 90.4 Å². The van der Waals surface area contributed by atoms with Crippen molar-refractivity contribution in [2.24, 2.45) is 11.3 Å². The van der Waals surface area contributed by atoms with Crippen LogP contribution >= 0.6 is 0 Å². The van der Waals surface area contributed by atoms with Crippen molar-refractivity contribution in [2.75, 3.05) is 0 Å². The normalized spacial score (nSPS) is 23.6. The predicted molar refractivity (Wildman–Crippen MR) is 102 cm³/mol. The Morgan fingerprint density at radius 2 is 1.85 bits per heavy atom. The zero-order chi connectivity index (χ0) is 20.3. The summed E-state index contributed by atoms with van der Waals surface area (Å²) in [6.07, 6.45) is 10.9. The first-order valence-electron chi connectivity index (χ1n) is 10.4. The fraction of sp³-hybridized carbons (Fsp3) is 0.857. The lowest BCUT2D eigenvalue weighted by Gasteiger charge is -2.35. The summed E-state index contributed by atoms with van der Waals surface area (Å²) in [5, 5.41) is 27.2. The van der Waals surface area contributed by atoms with Crippen LogP contribution in [0.15, 0.2) is 12.2 Å². The molecule has 158 valence electrons.